The lowest BCUT2D eigenvalue weighted by Crippen LogP contribution is -2.29. The second-order valence-corrected chi connectivity index (χ2v) is 10.8. The highest BCUT2D eigenvalue weighted by Gasteiger charge is 2.24. The smallest absolute Gasteiger partial charge is 0.221 e. The number of ether oxygens (including phenoxy) is 2. The average molecular weight is 489 g/mol. The minimum atomic E-state index is -3.35. The summed E-state index contributed by atoms with van der Waals surface area (Å²) in [5.74, 6) is 1.05. The van der Waals surface area contributed by atoms with Gasteiger partial charge in [-0.05, 0) is 36.4 Å². The minimum Gasteiger partial charge on any atom is -0.456 e. The highest BCUT2D eigenvalue weighted by molar-refractivity contribution is 8.15. The SMILES string of the molecule is COCCNC(=O)CC1CN=C(c2cc3cc(Oc4ccc(S(C)(=O)=O)nc4)ccc3[nH]2)S1. The summed E-state index contributed by atoms with van der Waals surface area (Å²) >= 11 is 1.59. The monoisotopic (exact) mass is 488 g/mol. The van der Waals surface area contributed by atoms with Crippen LogP contribution in [0.2, 0.25) is 0 Å². The molecule has 3 heterocycles. The number of methoxy groups -OCH3 is 1. The van der Waals surface area contributed by atoms with E-state index >= 15 is 0 Å². The molecule has 0 fully saturated rings. The number of pyridine rings is 1. The number of carbonyl (C=O) groups is 1. The molecule has 1 aliphatic heterocycles. The molecule has 1 amide bonds. The first kappa shape index (κ1) is 23.3. The van der Waals surface area contributed by atoms with E-state index in [0.717, 1.165) is 27.9 Å². The van der Waals surface area contributed by atoms with Gasteiger partial charge in [0.2, 0.25) is 5.91 Å². The van der Waals surface area contributed by atoms with Crippen molar-refractivity contribution >= 4 is 43.5 Å². The van der Waals surface area contributed by atoms with Gasteiger partial charge in [0.1, 0.15) is 16.5 Å². The van der Waals surface area contributed by atoms with Crippen molar-refractivity contribution in [3.05, 3.63) is 48.3 Å². The van der Waals surface area contributed by atoms with E-state index in [9.17, 15) is 13.2 Å². The van der Waals surface area contributed by atoms with Crippen LogP contribution in [0.25, 0.3) is 10.9 Å². The van der Waals surface area contributed by atoms with Crippen molar-refractivity contribution in [3.8, 4) is 11.5 Å². The number of carbonyl (C=O) groups excluding carboxylic acids is 1. The van der Waals surface area contributed by atoms with Crippen molar-refractivity contribution in [1.29, 1.82) is 0 Å². The zero-order chi connectivity index (χ0) is 23.4. The van der Waals surface area contributed by atoms with Gasteiger partial charge in [0.25, 0.3) is 0 Å². The Morgan fingerprint density at radius 2 is 2.06 bits per heavy atom. The number of thioether (sulfide) groups is 1. The van der Waals surface area contributed by atoms with Crippen molar-refractivity contribution in [2.75, 3.05) is 33.1 Å². The fourth-order valence-corrected chi connectivity index (χ4v) is 4.96. The van der Waals surface area contributed by atoms with Crippen molar-refractivity contribution in [2.24, 2.45) is 4.99 Å². The van der Waals surface area contributed by atoms with Gasteiger partial charge >= 0.3 is 0 Å². The van der Waals surface area contributed by atoms with E-state index in [4.69, 9.17) is 9.47 Å². The summed E-state index contributed by atoms with van der Waals surface area (Å²) in [4.78, 5) is 23.9. The molecule has 0 saturated carbocycles. The fraction of sp³-hybridized carbons (Fsp3) is 0.318. The van der Waals surface area contributed by atoms with Gasteiger partial charge in [-0.2, -0.15) is 0 Å². The molecule has 3 aromatic rings. The second-order valence-electron chi connectivity index (χ2n) is 7.57. The van der Waals surface area contributed by atoms with E-state index in [1.807, 2.05) is 24.3 Å². The maximum atomic E-state index is 12.0. The number of hydrogen-bond donors (Lipinski definition) is 2. The number of hydrogen-bond acceptors (Lipinski definition) is 8. The number of fused-ring (bicyclic) bond motifs is 1. The number of rotatable bonds is 9. The maximum absolute atomic E-state index is 12.0. The van der Waals surface area contributed by atoms with E-state index in [0.29, 0.717) is 37.6 Å². The zero-order valence-corrected chi connectivity index (χ0v) is 19.8. The highest BCUT2D eigenvalue weighted by Crippen LogP contribution is 2.31. The van der Waals surface area contributed by atoms with E-state index in [-0.39, 0.29) is 16.2 Å². The van der Waals surface area contributed by atoms with Gasteiger partial charge in [-0.15, -0.1) is 0 Å². The quantitative estimate of drug-likeness (QED) is 0.444. The van der Waals surface area contributed by atoms with Crippen LogP contribution < -0.4 is 10.1 Å². The molecule has 9 nitrogen and oxygen atoms in total. The summed E-state index contributed by atoms with van der Waals surface area (Å²) in [6, 6.07) is 10.6. The molecule has 1 unspecified atom stereocenters. The van der Waals surface area contributed by atoms with E-state index in [1.165, 1.54) is 12.3 Å². The molecule has 0 spiro atoms. The normalized spacial score (nSPS) is 16.1. The van der Waals surface area contributed by atoms with Gasteiger partial charge < -0.3 is 19.8 Å². The van der Waals surface area contributed by atoms with Crippen LogP contribution in [0.15, 0.2) is 52.6 Å². The Morgan fingerprint density at radius 1 is 1.24 bits per heavy atom. The number of aliphatic imine (C=N–C) groups is 1. The standard InChI is InChI=1S/C22H24N4O5S2/c1-30-8-7-23-20(27)11-17-13-25-22(32-17)19-10-14-9-15(3-5-18(14)26-19)31-16-4-6-21(24-12-16)33(2,28)29/h3-6,9-10,12,17,26H,7-8,11,13H2,1-2H3,(H,23,27). The van der Waals surface area contributed by atoms with Gasteiger partial charge in [0, 0.05) is 42.5 Å². The number of aromatic nitrogens is 2. The summed E-state index contributed by atoms with van der Waals surface area (Å²) in [7, 11) is -1.75. The van der Waals surface area contributed by atoms with Gasteiger partial charge in [0.05, 0.1) is 25.0 Å². The van der Waals surface area contributed by atoms with Crippen molar-refractivity contribution < 1.29 is 22.7 Å². The summed E-state index contributed by atoms with van der Waals surface area (Å²) < 4.78 is 33.9. The Balaban J connectivity index is 1.40. The lowest BCUT2D eigenvalue weighted by atomic mass is 10.2. The van der Waals surface area contributed by atoms with Crippen molar-refractivity contribution in [2.45, 2.75) is 16.7 Å². The van der Waals surface area contributed by atoms with Crippen molar-refractivity contribution in [3.63, 3.8) is 0 Å². The number of benzene rings is 1. The molecule has 0 aliphatic carbocycles. The van der Waals surface area contributed by atoms with Crippen LogP contribution in [0.3, 0.4) is 0 Å². The van der Waals surface area contributed by atoms with Gasteiger partial charge in [0.15, 0.2) is 14.9 Å². The molecule has 2 N–H and O–H groups in total. The Kier molecular flexibility index (Phi) is 7.01. The topological polar surface area (TPSA) is 123 Å². The first-order valence-corrected chi connectivity index (χ1v) is 13.0. The largest absolute Gasteiger partial charge is 0.456 e. The van der Waals surface area contributed by atoms with Crippen LogP contribution in [-0.2, 0) is 19.4 Å². The van der Waals surface area contributed by atoms with Crippen LogP contribution in [0.5, 0.6) is 11.5 Å². The Hall–Kier alpha value is -2.89. The maximum Gasteiger partial charge on any atom is 0.221 e. The van der Waals surface area contributed by atoms with Crippen LogP contribution in [0.4, 0.5) is 0 Å². The van der Waals surface area contributed by atoms with Gasteiger partial charge in [-0.25, -0.2) is 13.4 Å². The minimum absolute atomic E-state index is 0.00109. The third-order valence-corrected chi connectivity index (χ3v) is 7.13. The Morgan fingerprint density at radius 3 is 2.79 bits per heavy atom. The van der Waals surface area contributed by atoms with E-state index in [2.05, 4.69) is 20.3 Å². The third-order valence-electron chi connectivity index (χ3n) is 4.91. The molecule has 0 bridgehead atoms. The molecule has 1 aliphatic rings. The molecule has 0 radical (unpaired) electrons. The van der Waals surface area contributed by atoms with Crippen molar-refractivity contribution in [1.82, 2.24) is 15.3 Å². The summed E-state index contributed by atoms with van der Waals surface area (Å²) in [6.07, 6.45) is 2.91. The highest BCUT2D eigenvalue weighted by atomic mass is 32.2. The average Bonchev–Trinajstić information content (AvgIpc) is 3.40. The predicted molar refractivity (Wildman–Crippen MR) is 128 cm³/mol. The fourth-order valence-electron chi connectivity index (χ4n) is 3.32. The van der Waals surface area contributed by atoms with Gasteiger partial charge in [-0.1, -0.05) is 11.8 Å². The lowest BCUT2D eigenvalue weighted by Gasteiger charge is -2.08. The molecule has 4 rings (SSSR count). The number of amides is 1. The Bertz CT molecular complexity index is 1290. The first-order chi connectivity index (χ1) is 15.8. The van der Waals surface area contributed by atoms with Crippen LogP contribution in [0, 0.1) is 0 Å². The lowest BCUT2D eigenvalue weighted by molar-refractivity contribution is -0.121. The number of nitrogens with zero attached hydrogens (tertiary/aromatic N) is 2. The van der Waals surface area contributed by atoms with Crippen LogP contribution in [-0.4, -0.2) is 67.6 Å². The third kappa shape index (κ3) is 5.92. The first-order valence-electron chi connectivity index (χ1n) is 10.3. The number of sulfone groups is 1. The second kappa shape index (κ2) is 9.94. The molecule has 1 atom stereocenters. The summed E-state index contributed by atoms with van der Waals surface area (Å²) in [5, 5.41) is 4.78. The zero-order valence-electron chi connectivity index (χ0n) is 18.2. The molecule has 174 valence electrons. The molecular weight excluding hydrogens is 464 g/mol. The molecule has 1 aromatic carbocycles. The predicted octanol–water partition coefficient (Wildman–Crippen LogP) is 2.77. The Labute approximate surface area is 195 Å². The molecular formula is C22H24N4O5S2. The van der Waals surface area contributed by atoms with Crippen LogP contribution in [0.1, 0.15) is 12.1 Å². The van der Waals surface area contributed by atoms with E-state index < -0.39 is 9.84 Å². The van der Waals surface area contributed by atoms with Gasteiger partial charge in [-0.3, -0.25) is 9.79 Å². The molecule has 2 aromatic heterocycles. The number of nitrogens with one attached hydrogen (secondary N) is 2. The molecule has 0 saturated heterocycles. The molecule has 33 heavy (non-hydrogen) atoms. The van der Waals surface area contributed by atoms with Crippen LogP contribution >= 0.6 is 11.8 Å². The number of aromatic amines is 1. The summed E-state index contributed by atoms with van der Waals surface area (Å²) in [6.45, 7) is 1.59. The summed E-state index contributed by atoms with van der Waals surface area (Å²) in [5.41, 5.74) is 1.83. The molecule has 11 heteroatoms. The number of H-pyrrole nitrogens is 1. The van der Waals surface area contributed by atoms with E-state index in [1.54, 1.807) is 24.9 Å².